The number of aryl methyl sites for hydroxylation is 2. The molecule has 1 aromatic heterocycles. The normalized spacial score (nSPS) is 11.0. The van der Waals surface area contributed by atoms with Crippen LogP contribution in [-0.4, -0.2) is 9.97 Å². The minimum absolute atomic E-state index is 0.479. The first-order chi connectivity index (χ1) is 9.92. The number of hydrogen-bond donors (Lipinski definition) is 1. The highest BCUT2D eigenvalue weighted by atomic mass is 16.5. The second kappa shape index (κ2) is 6.12. The summed E-state index contributed by atoms with van der Waals surface area (Å²) in [5.41, 5.74) is 9.24. The molecule has 1 heterocycles. The van der Waals surface area contributed by atoms with Crippen molar-refractivity contribution in [3.8, 4) is 11.6 Å². The van der Waals surface area contributed by atoms with Crippen LogP contribution < -0.4 is 10.5 Å². The first-order valence-electron chi connectivity index (χ1n) is 7.33. The number of benzene rings is 1. The van der Waals surface area contributed by atoms with E-state index in [1.165, 1.54) is 11.1 Å². The summed E-state index contributed by atoms with van der Waals surface area (Å²) in [6.45, 7) is 10.3. The molecule has 112 valence electrons. The Bertz CT molecular complexity index is 651. The van der Waals surface area contributed by atoms with E-state index in [1.54, 1.807) is 0 Å². The highest BCUT2D eigenvalue weighted by molar-refractivity contribution is 5.46. The third-order valence-electron chi connectivity index (χ3n) is 3.58. The monoisotopic (exact) mass is 285 g/mol. The topological polar surface area (TPSA) is 61.0 Å². The molecule has 21 heavy (non-hydrogen) atoms. The van der Waals surface area contributed by atoms with Crippen LogP contribution in [0.3, 0.4) is 0 Å². The lowest BCUT2D eigenvalue weighted by molar-refractivity contribution is 0.454. The molecule has 1 aromatic carbocycles. The summed E-state index contributed by atoms with van der Waals surface area (Å²) >= 11 is 0. The van der Waals surface area contributed by atoms with Crippen molar-refractivity contribution in [1.82, 2.24) is 9.97 Å². The molecular weight excluding hydrogens is 262 g/mol. The predicted octanol–water partition coefficient (Wildman–Crippen LogP) is 4.15. The van der Waals surface area contributed by atoms with Crippen LogP contribution in [0.1, 0.15) is 49.2 Å². The average molecular weight is 285 g/mol. The van der Waals surface area contributed by atoms with Crippen molar-refractivity contribution in [2.75, 3.05) is 5.73 Å². The maximum atomic E-state index is 5.92. The van der Waals surface area contributed by atoms with Crippen molar-refractivity contribution in [3.63, 3.8) is 0 Å². The maximum absolute atomic E-state index is 5.92. The molecule has 2 N–H and O–H groups in total. The zero-order chi connectivity index (χ0) is 15.6. The number of nitrogens with zero attached hydrogens (tertiary/aromatic N) is 2. The summed E-state index contributed by atoms with van der Waals surface area (Å²) < 4.78 is 5.92. The molecule has 4 heteroatoms. The standard InChI is InChI=1S/C17H23N3O/c1-6-15-19-16(18)12(5)17(20-15)21-13-7-8-14(10(2)3)11(4)9-13/h7-10H,6H2,1-5H3,(H2,18,19,20). The van der Waals surface area contributed by atoms with Crippen molar-refractivity contribution in [2.45, 2.75) is 47.0 Å². The molecular formula is C17H23N3O. The first-order valence-corrected chi connectivity index (χ1v) is 7.33. The fourth-order valence-corrected chi connectivity index (χ4v) is 2.29. The van der Waals surface area contributed by atoms with Crippen molar-refractivity contribution in [2.24, 2.45) is 0 Å². The summed E-state index contributed by atoms with van der Waals surface area (Å²) in [6.07, 6.45) is 0.728. The highest BCUT2D eigenvalue weighted by Crippen LogP contribution is 2.29. The molecule has 0 amide bonds. The fraction of sp³-hybridized carbons (Fsp3) is 0.412. The Morgan fingerprint density at radius 3 is 2.48 bits per heavy atom. The Labute approximate surface area is 126 Å². The lowest BCUT2D eigenvalue weighted by Crippen LogP contribution is -2.04. The van der Waals surface area contributed by atoms with Crippen LogP contribution in [0.2, 0.25) is 0 Å². The van der Waals surface area contributed by atoms with E-state index in [4.69, 9.17) is 10.5 Å². The lowest BCUT2D eigenvalue weighted by atomic mass is 9.98. The number of nitrogens with two attached hydrogens (primary N) is 1. The number of hydrogen-bond acceptors (Lipinski definition) is 4. The molecule has 0 aliphatic heterocycles. The molecule has 2 rings (SSSR count). The Kier molecular flexibility index (Phi) is 4.46. The van der Waals surface area contributed by atoms with Crippen LogP contribution in [0.25, 0.3) is 0 Å². The van der Waals surface area contributed by atoms with E-state index in [-0.39, 0.29) is 0 Å². The lowest BCUT2D eigenvalue weighted by Gasteiger charge is -2.14. The largest absolute Gasteiger partial charge is 0.439 e. The Morgan fingerprint density at radius 2 is 1.90 bits per heavy atom. The van der Waals surface area contributed by atoms with Gasteiger partial charge in [-0.3, -0.25) is 0 Å². The fourth-order valence-electron chi connectivity index (χ4n) is 2.29. The molecule has 0 radical (unpaired) electrons. The van der Waals surface area contributed by atoms with Gasteiger partial charge >= 0.3 is 0 Å². The third-order valence-corrected chi connectivity index (χ3v) is 3.58. The quantitative estimate of drug-likeness (QED) is 0.916. The molecule has 0 aliphatic rings. The molecule has 0 atom stereocenters. The number of anilines is 1. The van der Waals surface area contributed by atoms with Gasteiger partial charge in [0.25, 0.3) is 0 Å². The smallest absolute Gasteiger partial charge is 0.227 e. The molecule has 0 saturated heterocycles. The summed E-state index contributed by atoms with van der Waals surface area (Å²) in [5, 5.41) is 0. The second-order valence-electron chi connectivity index (χ2n) is 5.58. The molecule has 0 bridgehead atoms. The third kappa shape index (κ3) is 3.32. The summed E-state index contributed by atoms with van der Waals surface area (Å²) in [6, 6.07) is 6.13. The zero-order valence-corrected chi connectivity index (χ0v) is 13.4. The van der Waals surface area contributed by atoms with Gasteiger partial charge in [-0.15, -0.1) is 0 Å². The minimum atomic E-state index is 0.479. The van der Waals surface area contributed by atoms with Crippen molar-refractivity contribution in [1.29, 1.82) is 0 Å². The van der Waals surface area contributed by atoms with Gasteiger partial charge in [0.1, 0.15) is 17.4 Å². The second-order valence-corrected chi connectivity index (χ2v) is 5.58. The van der Waals surface area contributed by atoms with Gasteiger partial charge in [0, 0.05) is 6.42 Å². The van der Waals surface area contributed by atoms with Crippen LogP contribution in [-0.2, 0) is 6.42 Å². The molecule has 2 aromatic rings. The van der Waals surface area contributed by atoms with E-state index < -0.39 is 0 Å². The van der Waals surface area contributed by atoms with Gasteiger partial charge in [0.05, 0.1) is 5.56 Å². The van der Waals surface area contributed by atoms with Crippen molar-refractivity contribution >= 4 is 5.82 Å². The minimum Gasteiger partial charge on any atom is -0.439 e. The van der Waals surface area contributed by atoms with Gasteiger partial charge in [0.15, 0.2) is 0 Å². The van der Waals surface area contributed by atoms with E-state index in [9.17, 15) is 0 Å². The van der Waals surface area contributed by atoms with E-state index in [2.05, 4.69) is 36.8 Å². The molecule has 0 fully saturated rings. The molecule has 0 aliphatic carbocycles. The average Bonchev–Trinajstić information content (AvgIpc) is 2.43. The summed E-state index contributed by atoms with van der Waals surface area (Å²) in [7, 11) is 0. The van der Waals surface area contributed by atoms with E-state index in [0.717, 1.165) is 17.7 Å². The van der Waals surface area contributed by atoms with Crippen molar-refractivity contribution in [3.05, 3.63) is 40.7 Å². The molecule has 4 nitrogen and oxygen atoms in total. The van der Waals surface area contributed by atoms with E-state index in [1.807, 2.05) is 26.0 Å². The predicted molar refractivity (Wildman–Crippen MR) is 85.9 cm³/mol. The van der Waals surface area contributed by atoms with Crippen LogP contribution in [0.15, 0.2) is 18.2 Å². The van der Waals surface area contributed by atoms with Gasteiger partial charge in [-0.1, -0.05) is 26.8 Å². The number of ether oxygens (including phenoxy) is 1. The Balaban J connectivity index is 2.34. The number of rotatable bonds is 4. The van der Waals surface area contributed by atoms with Crippen LogP contribution in [0.4, 0.5) is 5.82 Å². The Morgan fingerprint density at radius 1 is 1.19 bits per heavy atom. The zero-order valence-electron chi connectivity index (χ0n) is 13.4. The van der Waals surface area contributed by atoms with E-state index in [0.29, 0.717) is 23.4 Å². The van der Waals surface area contributed by atoms with Crippen LogP contribution >= 0.6 is 0 Å². The molecule has 0 saturated carbocycles. The van der Waals surface area contributed by atoms with Gasteiger partial charge in [0.2, 0.25) is 5.88 Å². The number of nitrogen functional groups attached to an aromatic ring is 1. The van der Waals surface area contributed by atoms with Crippen LogP contribution in [0, 0.1) is 13.8 Å². The van der Waals surface area contributed by atoms with Gasteiger partial charge in [-0.2, -0.15) is 4.98 Å². The maximum Gasteiger partial charge on any atom is 0.227 e. The molecule has 0 spiro atoms. The number of aromatic nitrogens is 2. The summed E-state index contributed by atoms with van der Waals surface area (Å²) in [4.78, 5) is 8.66. The van der Waals surface area contributed by atoms with Gasteiger partial charge in [-0.25, -0.2) is 4.98 Å². The first kappa shape index (κ1) is 15.3. The van der Waals surface area contributed by atoms with Gasteiger partial charge in [-0.05, 0) is 43.0 Å². The summed E-state index contributed by atoms with van der Waals surface area (Å²) in [5.74, 6) is 2.99. The molecule has 0 unspecified atom stereocenters. The highest BCUT2D eigenvalue weighted by Gasteiger charge is 2.11. The van der Waals surface area contributed by atoms with Crippen molar-refractivity contribution < 1.29 is 4.74 Å². The van der Waals surface area contributed by atoms with Crippen LogP contribution in [0.5, 0.6) is 11.6 Å². The van der Waals surface area contributed by atoms with E-state index >= 15 is 0 Å². The van der Waals surface area contributed by atoms with Gasteiger partial charge < -0.3 is 10.5 Å². The SMILES string of the molecule is CCc1nc(N)c(C)c(Oc2ccc(C(C)C)c(C)c2)n1. The Hall–Kier alpha value is -2.10.